The lowest BCUT2D eigenvalue weighted by molar-refractivity contribution is -0.132. The van der Waals surface area contributed by atoms with Gasteiger partial charge >= 0.3 is 0 Å². The molecular formula is C16H25N3O. The van der Waals surface area contributed by atoms with Crippen molar-refractivity contribution >= 4 is 11.6 Å². The molecule has 0 saturated carbocycles. The minimum absolute atomic E-state index is 0.287. The van der Waals surface area contributed by atoms with Gasteiger partial charge in [0.1, 0.15) is 0 Å². The fourth-order valence-electron chi connectivity index (χ4n) is 2.43. The summed E-state index contributed by atoms with van der Waals surface area (Å²) in [7, 11) is 6.17. The number of piperazine rings is 1. The third-order valence-electron chi connectivity index (χ3n) is 3.94. The van der Waals surface area contributed by atoms with Crippen molar-refractivity contribution in [3.8, 4) is 0 Å². The van der Waals surface area contributed by atoms with E-state index in [0.717, 1.165) is 32.6 Å². The average molecular weight is 275 g/mol. The van der Waals surface area contributed by atoms with Crippen LogP contribution in [0.4, 0.5) is 5.69 Å². The zero-order valence-corrected chi connectivity index (χ0v) is 12.8. The molecule has 1 amide bonds. The zero-order valence-electron chi connectivity index (χ0n) is 12.8. The van der Waals surface area contributed by atoms with E-state index in [1.807, 2.05) is 19.0 Å². The summed E-state index contributed by atoms with van der Waals surface area (Å²) in [6.45, 7) is 3.72. The van der Waals surface area contributed by atoms with Gasteiger partial charge < -0.3 is 14.7 Å². The third-order valence-corrected chi connectivity index (χ3v) is 3.94. The van der Waals surface area contributed by atoms with Crippen LogP contribution in [0.3, 0.4) is 0 Å². The van der Waals surface area contributed by atoms with Crippen LogP contribution in [-0.4, -0.2) is 63.0 Å². The number of benzene rings is 1. The van der Waals surface area contributed by atoms with Crippen molar-refractivity contribution < 1.29 is 4.79 Å². The molecule has 1 aromatic carbocycles. The fourth-order valence-corrected chi connectivity index (χ4v) is 2.43. The number of hydrogen-bond donors (Lipinski definition) is 0. The van der Waals surface area contributed by atoms with Crippen LogP contribution in [0.25, 0.3) is 0 Å². The lowest BCUT2D eigenvalue weighted by Crippen LogP contribution is -2.47. The maximum atomic E-state index is 12.2. The fraction of sp³-hybridized carbons (Fsp3) is 0.562. The van der Waals surface area contributed by atoms with Crippen molar-refractivity contribution in [3.63, 3.8) is 0 Å². The number of anilines is 1. The van der Waals surface area contributed by atoms with Crippen molar-refractivity contribution in [2.24, 2.45) is 0 Å². The Morgan fingerprint density at radius 2 is 1.70 bits per heavy atom. The standard InChI is InChI=1S/C16H25N3O/c1-17(2)15-7-4-14(5-8-15)6-9-16(20)19-12-10-18(3)11-13-19/h4-5,7-8H,6,9-13H2,1-3H3. The van der Waals surface area contributed by atoms with Crippen LogP contribution in [0.5, 0.6) is 0 Å². The highest BCUT2D eigenvalue weighted by Gasteiger charge is 2.18. The Labute approximate surface area is 122 Å². The smallest absolute Gasteiger partial charge is 0.222 e. The van der Waals surface area contributed by atoms with E-state index >= 15 is 0 Å². The predicted octanol–water partition coefficient (Wildman–Crippen LogP) is 1.46. The molecule has 0 N–H and O–H groups in total. The topological polar surface area (TPSA) is 26.8 Å². The maximum absolute atomic E-state index is 12.2. The molecule has 0 bridgehead atoms. The van der Waals surface area contributed by atoms with Gasteiger partial charge in [0.15, 0.2) is 0 Å². The lowest BCUT2D eigenvalue weighted by atomic mass is 10.1. The molecule has 0 aliphatic carbocycles. The predicted molar refractivity (Wildman–Crippen MR) is 83.2 cm³/mol. The molecule has 0 unspecified atom stereocenters. The Morgan fingerprint density at radius 3 is 2.25 bits per heavy atom. The summed E-state index contributed by atoms with van der Waals surface area (Å²) in [4.78, 5) is 18.5. The summed E-state index contributed by atoms with van der Waals surface area (Å²) < 4.78 is 0. The minimum Gasteiger partial charge on any atom is -0.378 e. The first-order chi connectivity index (χ1) is 9.56. The number of rotatable bonds is 4. The highest BCUT2D eigenvalue weighted by atomic mass is 16.2. The molecule has 1 fully saturated rings. The van der Waals surface area contributed by atoms with Gasteiger partial charge in [0.25, 0.3) is 0 Å². The molecule has 4 heteroatoms. The van der Waals surface area contributed by atoms with Crippen LogP contribution in [0.1, 0.15) is 12.0 Å². The van der Waals surface area contributed by atoms with Gasteiger partial charge in [0.2, 0.25) is 5.91 Å². The molecular weight excluding hydrogens is 250 g/mol. The monoisotopic (exact) mass is 275 g/mol. The molecule has 1 aromatic rings. The first-order valence-corrected chi connectivity index (χ1v) is 7.29. The van der Waals surface area contributed by atoms with E-state index in [9.17, 15) is 4.79 Å². The van der Waals surface area contributed by atoms with Gasteiger partial charge in [-0.2, -0.15) is 0 Å². The molecule has 0 spiro atoms. The number of nitrogens with zero attached hydrogens (tertiary/aromatic N) is 3. The van der Waals surface area contributed by atoms with Crippen LogP contribution in [0, 0.1) is 0 Å². The molecule has 20 heavy (non-hydrogen) atoms. The average Bonchev–Trinajstić information content (AvgIpc) is 2.46. The molecule has 0 atom stereocenters. The number of hydrogen-bond acceptors (Lipinski definition) is 3. The molecule has 1 heterocycles. The third kappa shape index (κ3) is 3.97. The van der Waals surface area contributed by atoms with Crippen LogP contribution in [-0.2, 0) is 11.2 Å². The number of likely N-dealkylation sites (N-methyl/N-ethyl adjacent to an activating group) is 1. The summed E-state index contributed by atoms with van der Waals surface area (Å²) in [5.41, 5.74) is 2.43. The van der Waals surface area contributed by atoms with E-state index in [2.05, 4.69) is 41.1 Å². The van der Waals surface area contributed by atoms with E-state index in [4.69, 9.17) is 0 Å². The van der Waals surface area contributed by atoms with Crippen molar-refractivity contribution in [1.82, 2.24) is 9.80 Å². The van der Waals surface area contributed by atoms with E-state index in [1.54, 1.807) is 0 Å². The molecule has 2 rings (SSSR count). The Bertz CT molecular complexity index is 434. The highest BCUT2D eigenvalue weighted by molar-refractivity contribution is 5.76. The quantitative estimate of drug-likeness (QED) is 0.832. The van der Waals surface area contributed by atoms with Crippen molar-refractivity contribution in [1.29, 1.82) is 0 Å². The van der Waals surface area contributed by atoms with Gasteiger partial charge in [0.05, 0.1) is 0 Å². The van der Waals surface area contributed by atoms with Gasteiger partial charge in [-0.1, -0.05) is 12.1 Å². The molecule has 1 saturated heterocycles. The Kier molecular flexibility index (Phi) is 5.01. The van der Waals surface area contributed by atoms with Gasteiger partial charge in [-0.3, -0.25) is 4.79 Å². The van der Waals surface area contributed by atoms with Crippen LogP contribution < -0.4 is 4.90 Å². The summed E-state index contributed by atoms with van der Waals surface area (Å²) >= 11 is 0. The molecule has 110 valence electrons. The second kappa shape index (κ2) is 6.75. The van der Waals surface area contributed by atoms with E-state index < -0.39 is 0 Å². The van der Waals surface area contributed by atoms with Gasteiger partial charge in [-0.15, -0.1) is 0 Å². The second-order valence-corrected chi connectivity index (χ2v) is 5.74. The molecule has 1 aliphatic heterocycles. The number of carbonyl (C=O) groups excluding carboxylic acids is 1. The minimum atomic E-state index is 0.287. The second-order valence-electron chi connectivity index (χ2n) is 5.74. The highest BCUT2D eigenvalue weighted by Crippen LogP contribution is 2.14. The summed E-state index contributed by atoms with van der Waals surface area (Å²) in [6, 6.07) is 8.45. The Hall–Kier alpha value is -1.55. The summed E-state index contributed by atoms with van der Waals surface area (Å²) in [6.07, 6.45) is 1.45. The Morgan fingerprint density at radius 1 is 1.10 bits per heavy atom. The first-order valence-electron chi connectivity index (χ1n) is 7.29. The first kappa shape index (κ1) is 14.9. The van der Waals surface area contributed by atoms with Crippen LogP contribution in [0.15, 0.2) is 24.3 Å². The van der Waals surface area contributed by atoms with Gasteiger partial charge in [-0.25, -0.2) is 0 Å². The normalized spacial score (nSPS) is 16.2. The SMILES string of the molecule is CN1CCN(C(=O)CCc2ccc(N(C)C)cc2)CC1. The molecule has 1 aliphatic rings. The van der Waals surface area contributed by atoms with Crippen molar-refractivity contribution in [2.45, 2.75) is 12.8 Å². The largest absolute Gasteiger partial charge is 0.378 e. The summed E-state index contributed by atoms with van der Waals surface area (Å²) in [5.74, 6) is 0.287. The van der Waals surface area contributed by atoms with E-state index in [0.29, 0.717) is 6.42 Å². The van der Waals surface area contributed by atoms with Gasteiger partial charge in [0, 0.05) is 52.4 Å². The molecule has 0 radical (unpaired) electrons. The maximum Gasteiger partial charge on any atom is 0.222 e. The summed E-state index contributed by atoms with van der Waals surface area (Å²) in [5, 5.41) is 0. The number of carbonyl (C=O) groups is 1. The lowest BCUT2D eigenvalue weighted by Gasteiger charge is -2.32. The van der Waals surface area contributed by atoms with Crippen LogP contribution >= 0.6 is 0 Å². The van der Waals surface area contributed by atoms with Crippen LogP contribution in [0.2, 0.25) is 0 Å². The van der Waals surface area contributed by atoms with E-state index in [1.165, 1.54) is 11.3 Å². The van der Waals surface area contributed by atoms with Crippen molar-refractivity contribution in [2.75, 3.05) is 52.2 Å². The number of aryl methyl sites for hydroxylation is 1. The van der Waals surface area contributed by atoms with Crippen molar-refractivity contribution in [3.05, 3.63) is 29.8 Å². The van der Waals surface area contributed by atoms with Gasteiger partial charge in [-0.05, 0) is 31.2 Å². The zero-order chi connectivity index (χ0) is 14.5. The van der Waals surface area contributed by atoms with E-state index in [-0.39, 0.29) is 5.91 Å². The molecule has 0 aromatic heterocycles. The molecule has 4 nitrogen and oxygen atoms in total. The Balaban J connectivity index is 1.81. The number of amides is 1.